The molecule has 0 aromatic carbocycles. The van der Waals surface area contributed by atoms with Gasteiger partial charge in [0.15, 0.2) is 5.13 Å². The number of likely N-dealkylation sites (tertiary alicyclic amines) is 1. The number of nitrogens with one attached hydrogen (secondary N) is 1. The van der Waals surface area contributed by atoms with E-state index >= 15 is 0 Å². The van der Waals surface area contributed by atoms with Gasteiger partial charge in [-0.25, -0.2) is 4.98 Å². The van der Waals surface area contributed by atoms with Gasteiger partial charge in [-0.3, -0.25) is 14.5 Å². The highest BCUT2D eigenvalue weighted by Crippen LogP contribution is 2.31. The van der Waals surface area contributed by atoms with Crippen LogP contribution in [0.4, 0.5) is 5.13 Å². The van der Waals surface area contributed by atoms with Crippen LogP contribution in [0.1, 0.15) is 42.7 Å². The van der Waals surface area contributed by atoms with Gasteiger partial charge in [-0.2, -0.15) is 0 Å². The summed E-state index contributed by atoms with van der Waals surface area (Å²) >= 11 is 1.57. The summed E-state index contributed by atoms with van der Waals surface area (Å²) in [4.78, 5) is 34.3. The zero-order valence-electron chi connectivity index (χ0n) is 13.9. The van der Waals surface area contributed by atoms with Crippen LogP contribution in [0.5, 0.6) is 0 Å². The number of hydrogen-bond donors (Lipinski definition) is 1. The number of anilines is 1. The van der Waals surface area contributed by atoms with Crippen molar-refractivity contribution >= 4 is 28.3 Å². The minimum Gasteiger partial charge on any atom is -0.342 e. The molecule has 1 aliphatic carbocycles. The number of fused-ring (bicyclic) bond motifs is 1. The number of rotatable bonds is 4. The van der Waals surface area contributed by atoms with Crippen LogP contribution in [0.15, 0.2) is 0 Å². The van der Waals surface area contributed by atoms with Gasteiger partial charge in [0.25, 0.3) is 0 Å². The Kier molecular flexibility index (Phi) is 4.54. The van der Waals surface area contributed by atoms with E-state index in [-0.39, 0.29) is 17.7 Å². The summed E-state index contributed by atoms with van der Waals surface area (Å²) in [7, 11) is 0. The maximum atomic E-state index is 12.3. The van der Waals surface area contributed by atoms with Crippen LogP contribution in [-0.2, 0) is 22.6 Å². The van der Waals surface area contributed by atoms with E-state index in [1.807, 2.05) is 4.90 Å². The fourth-order valence-corrected chi connectivity index (χ4v) is 4.63. The van der Waals surface area contributed by atoms with Gasteiger partial charge < -0.3 is 10.2 Å². The predicted octanol–water partition coefficient (Wildman–Crippen LogP) is 1.86. The molecule has 1 N–H and O–H groups in total. The highest BCUT2D eigenvalue weighted by atomic mass is 32.1. The summed E-state index contributed by atoms with van der Waals surface area (Å²) in [5, 5.41) is 3.70. The zero-order chi connectivity index (χ0) is 16.5. The first-order valence-corrected chi connectivity index (χ1v) is 9.80. The molecule has 24 heavy (non-hydrogen) atoms. The minimum atomic E-state index is 0.119. The molecule has 4 rings (SSSR count). The van der Waals surface area contributed by atoms with Crippen molar-refractivity contribution in [1.82, 2.24) is 14.8 Å². The number of thiazole rings is 1. The number of aromatic nitrogens is 1. The number of amides is 2. The fourth-order valence-electron chi connectivity index (χ4n) is 3.57. The molecule has 2 amide bonds. The van der Waals surface area contributed by atoms with Crippen molar-refractivity contribution in [3.8, 4) is 0 Å². The lowest BCUT2D eigenvalue weighted by Crippen LogP contribution is -2.40. The van der Waals surface area contributed by atoms with Crippen molar-refractivity contribution in [2.24, 2.45) is 5.92 Å². The first-order valence-electron chi connectivity index (χ1n) is 8.98. The molecule has 130 valence electrons. The van der Waals surface area contributed by atoms with Gasteiger partial charge in [0.05, 0.1) is 12.2 Å². The normalized spacial score (nSPS) is 21.4. The van der Waals surface area contributed by atoms with E-state index in [0.29, 0.717) is 6.54 Å². The average Bonchev–Trinajstić information content (AvgIpc) is 3.13. The molecule has 0 unspecified atom stereocenters. The van der Waals surface area contributed by atoms with E-state index in [2.05, 4.69) is 15.2 Å². The van der Waals surface area contributed by atoms with Crippen molar-refractivity contribution in [1.29, 1.82) is 0 Å². The topological polar surface area (TPSA) is 65.5 Å². The second-order valence-corrected chi connectivity index (χ2v) is 8.14. The van der Waals surface area contributed by atoms with E-state index in [1.165, 1.54) is 4.88 Å². The Labute approximate surface area is 146 Å². The molecule has 0 radical (unpaired) electrons. The molecule has 0 bridgehead atoms. The molecule has 1 aromatic heterocycles. The smallest absolute Gasteiger partial charge is 0.236 e. The summed E-state index contributed by atoms with van der Waals surface area (Å²) in [6, 6.07) is 0. The molecule has 0 atom stereocenters. The summed E-state index contributed by atoms with van der Waals surface area (Å²) in [6.07, 6.45) is 6.29. The summed E-state index contributed by atoms with van der Waals surface area (Å²) in [5.74, 6) is 0.549. The van der Waals surface area contributed by atoms with Crippen molar-refractivity contribution < 1.29 is 9.59 Å². The van der Waals surface area contributed by atoms with Crippen LogP contribution in [0, 0.1) is 5.92 Å². The molecule has 1 saturated heterocycles. The first-order chi connectivity index (χ1) is 11.7. The highest BCUT2D eigenvalue weighted by Gasteiger charge is 2.28. The first kappa shape index (κ1) is 16.0. The van der Waals surface area contributed by atoms with E-state index in [9.17, 15) is 9.59 Å². The zero-order valence-corrected chi connectivity index (χ0v) is 14.7. The lowest BCUT2D eigenvalue weighted by molar-refractivity contribution is -0.131. The van der Waals surface area contributed by atoms with Crippen LogP contribution in [0.25, 0.3) is 0 Å². The molecule has 1 aromatic rings. The van der Waals surface area contributed by atoms with Gasteiger partial charge in [-0.15, -0.1) is 11.3 Å². The number of carbonyl (C=O) groups is 2. The predicted molar refractivity (Wildman–Crippen MR) is 92.9 cm³/mol. The van der Waals surface area contributed by atoms with E-state index in [4.69, 9.17) is 0 Å². The second kappa shape index (κ2) is 6.80. The van der Waals surface area contributed by atoms with Gasteiger partial charge in [0.1, 0.15) is 0 Å². The van der Waals surface area contributed by atoms with Crippen molar-refractivity contribution in [2.75, 3.05) is 31.5 Å². The average molecular weight is 348 g/mol. The highest BCUT2D eigenvalue weighted by molar-refractivity contribution is 7.15. The largest absolute Gasteiger partial charge is 0.342 e. The molecular weight excluding hydrogens is 324 g/mol. The Balaban J connectivity index is 1.34. The Morgan fingerprint density at radius 2 is 1.96 bits per heavy atom. The van der Waals surface area contributed by atoms with Crippen LogP contribution in [-0.4, -0.2) is 52.8 Å². The number of hydrogen-bond acceptors (Lipinski definition) is 5. The second-order valence-electron chi connectivity index (χ2n) is 7.05. The number of nitrogens with zero attached hydrogens (tertiary/aromatic N) is 3. The third kappa shape index (κ3) is 3.32. The minimum absolute atomic E-state index is 0.119. The molecule has 6 nitrogen and oxygen atoms in total. The van der Waals surface area contributed by atoms with Crippen molar-refractivity contribution in [3.05, 3.63) is 10.6 Å². The quantitative estimate of drug-likeness (QED) is 0.902. The summed E-state index contributed by atoms with van der Waals surface area (Å²) in [5.41, 5.74) is 1.09. The standard InChI is InChI=1S/C17H24N4O2S/c22-15(21-7-1-2-8-21)11-20-9-6-13-14(10-20)24-17(18-13)19-16(23)12-4-3-5-12/h12H,1-11H2,(H,18,19,23). The van der Waals surface area contributed by atoms with Gasteiger partial charge in [0, 0.05) is 43.4 Å². The van der Waals surface area contributed by atoms with Gasteiger partial charge in [-0.1, -0.05) is 6.42 Å². The third-order valence-corrected chi connectivity index (χ3v) is 6.33. The molecule has 1 saturated carbocycles. The lowest BCUT2D eigenvalue weighted by atomic mass is 9.85. The van der Waals surface area contributed by atoms with Gasteiger partial charge >= 0.3 is 0 Å². The fraction of sp³-hybridized carbons (Fsp3) is 0.706. The Bertz CT molecular complexity index is 635. The van der Waals surface area contributed by atoms with Gasteiger partial charge in [-0.05, 0) is 25.7 Å². The Morgan fingerprint density at radius 1 is 1.17 bits per heavy atom. The lowest BCUT2D eigenvalue weighted by Gasteiger charge is -2.27. The summed E-state index contributed by atoms with van der Waals surface area (Å²) < 4.78 is 0. The monoisotopic (exact) mass is 348 g/mol. The SMILES string of the molecule is O=C(Nc1nc2c(s1)CN(CC(=O)N1CCCC1)CC2)C1CCC1. The Morgan fingerprint density at radius 3 is 2.67 bits per heavy atom. The third-order valence-electron chi connectivity index (χ3n) is 5.33. The molecule has 2 fully saturated rings. The molecule has 3 aliphatic rings. The summed E-state index contributed by atoms with van der Waals surface area (Å²) in [6.45, 7) is 3.96. The molecule has 7 heteroatoms. The van der Waals surface area contributed by atoms with Crippen LogP contribution < -0.4 is 5.32 Å². The molecule has 3 heterocycles. The van der Waals surface area contributed by atoms with Crippen LogP contribution in [0.2, 0.25) is 0 Å². The molecule has 0 spiro atoms. The van der Waals surface area contributed by atoms with Crippen molar-refractivity contribution in [2.45, 2.75) is 45.1 Å². The molecular formula is C17H24N4O2S. The van der Waals surface area contributed by atoms with E-state index < -0.39 is 0 Å². The van der Waals surface area contributed by atoms with Crippen molar-refractivity contribution in [3.63, 3.8) is 0 Å². The maximum Gasteiger partial charge on any atom is 0.236 e. The van der Waals surface area contributed by atoms with E-state index in [0.717, 1.165) is 75.5 Å². The molecule has 2 aliphatic heterocycles. The van der Waals surface area contributed by atoms with Crippen LogP contribution in [0.3, 0.4) is 0 Å². The van der Waals surface area contributed by atoms with E-state index in [1.54, 1.807) is 11.3 Å². The van der Waals surface area contributed by atoms with Crippen LogP contribution >= 0.6 is 11.3 Å². The van der Waals surface area contributed by atoms with Gasteiger partial charge in [0.2, 0.25) is 11.8 Å². The Hall–Kier alpha value is -1.47. The number of carbonyl (C=O) groups excluding carboxylic acids is 2. The maximum absolute atomic E-state index is 12.3.